The second kappa shape index (κ2) is 5.42. The predicted molar refractivity (Wildman–Crippen MR) is 63.5 cm³/mol. The van der Waals surface area contributed by atoms with Crippen molar-refractivity contribution in [1.82, 2.24) is 5.32 Å². The Hall–Kier alpha value is -0.670. The van der Waals surface area contributed by atoms with E-state index in [4.69, 9.17) is 0 Å². The summed E-state index contributed by atoms with van der Waals surface area (Å²) in [4.78, 5) is 12.7. The molecule has 2 nitrogen and oxygen atoms in total. The van der Waals surface area contributed by atoms with Crippen LogP contribution in [0.2, 0.25) is 0 Å². The van der Waals surface area contributed by atoms with Gasteiger partial charge in [0.2, 0.25) is 0 Å². The summed E-state index contributed by atoms with van der Waals surface area (Å²) in [5, 5.41) is 5.32. The highest BCUT2D eigenvalue weighted by Gasteiger charge is 2.15. The first kappa shape index (κ1) is 10.8. The number of rotatable bonds is 4. The number of nitrogens with one attached hydrogen (secondary N) is 1. The van der Waals surface area contributed by atoms with Gasteiger partial charge in [-0.1, -0.05) is 6.07 Å². The molecule has 15 heavy (non-hydrogen) atoms. The largest absolute Gasteiger partial charge is 0.317 e. The Morgan fingerprint density at radius 2 is 2.27 bits per heavy atom. The van der Waals surface area contributed by atoms with Gasteiger partial charge >= 0.3 is 0 Å². The van der Waals surface area contributed by atoms with Gasteiger partial charge in [0, 0.05) is 6.42 Å². The molecule has 3 heteroatoms. The zero-order valence-corrected chi connectivity index (χ0v) is 9.69. The van der Waals surface area contributed by atoms with Crippen LogP contribution in [0.25, 0.3) is 0 Å². The third-order valence-electron chi connectivity index (χ3n) is 3.03. The van der Waals surface area contributed by atoms with Crippen LogP contribution in [0.1, 0.15) is 35.4 Å². The SMILES string of the molecule is O=C(CCC1CCNCC1)c1cccs1. The van der Waals surface area contributed by atoms with Gasteiger partial charge in [0.15, 0.2) is 5.78 Å². The van der Waals surface area contributed by atoms with Gasteiger partial charge in [-0.2, -0.15) is 0 Å². The summed E-state index contributed by atoms with van der Waals surface area (Å²) < 4.78 is 0. The maximum absolute atomic E-state index is 11.7. The first-order valence-electron chi connectivity index (χ1n) is 5.63. The predicted octanol–water partition coefficient (Wildman–Crippen LogP) is 2.71. The molecular formula is C12H17NOS. The van der Waals surface area contributed by atoms with Crippen LogP contribution in [0, 0.1) is 5.92 Å². The number of ketones is 1. The minimum atomic E-state index is 0.323. The van der Waals surface area contributed by atoms with Crippen molar-refractivity contribution in [3.8, 4) is 0 Å². The number of hydrogen-bond acceptors (Lipinski definition) is 3. The summed E-state index contributed by atoms with van der Waals surface area (Å²) >= 11 is 1.56. The zero-order chi connectivity index (χ0) is 10.5. The van der Waals surface area contributed by atoms with Crippen molar-refractivity contribution in [1.29, 1.82) is 0 Å². The molecule has 2 heterocycles. The first-order chi connectivity index (χ1) is 7.36. The fraction of sp³-hybridized carbons (Fsp3) is 0.583. The Bertz CT molecular complexity index is 301. The highest BCUT2D eigenvalue weighted by atomic mass is 32.1. The summed E-state index contributed by atoms with van der Waals surface area (Å²) in [6.45, 7) is 2.25. The van der Waals surface area contributed by atoms with Crippen molar-refractivity contribution in [2.75, 3.05) is 13.1 Å². The van der Waals surface area contributed by atoms with Crippen LogP contribution in [-0.2, 0) is 0 Å². The summed E-state index contributed by atoms with van der Waals surface area (Å²) in [5.74, 6) is 1.08. The topological polar surface area (TPSA) is 29.1 Å². The maximum Gasteiger partial charge on any atom is 0.172 e. The van der Waals surface area contributed by atoms with Crippen LogP contribution < -0.4 is 5.32 Å². The van der Waals surface area contributed by atoms with E-state index in [9.17, 15) is 4.79 Å². The van der Waals surface area contributed by atoms with E-state index >= 15 is 0 Å². The molecule has 0 atom stereocenters. The van der Waals surface area contributed by atoms with Crippen LogP contribution in [-0.4, -0.2) is 18.9 Å². The molecular weight excluding hydrogens is 206 g/mol. The quantitative estimate of drug-likeness (QED) is 0.795. The Morgan fingerprint density at radius 1 is 1.47 bits per heavy atom. The number of piperidine rings is 1. The van der Waals surface area contributed by atoms with Gasteiger partial charge in [0.1, 0.15) is 0 Å². The normalized spacial score (nSPS) is 17.9. The highest BCUT2D eigenvalue weighted by molar-refractivity contribution is 7.12. The summed E-state index contributed by atoms with van der Waals surface area (Å²) in [6.07, 6.45) is 4.26. The van der Waals surface area contributed by atoms with Gasteiger partial charge in [0.25, 0.3) is 0 Å². The fourth-order valence-corrected chi connectivity index (χ4v) is 2.76. The Labute approximate surface area is 94.7 Å². The average Bonchev–Trinajstić information content (AvgIpc) is 2.81. The maximum atomic E-state index is 11.7. The molecule has 0 bridgehead atoms. The first-order valence-corrected chi connectivity index (χ1v) is 6.51. The standard InChI is InChI=1S/C12H17NOS/c14-11(12-2-1-9-15-12)4-3-10-5-7-13-8-6-10/h1-2,9-10,13H,3-8H2. The molecule has 82 valence electrons. The van der Waals surface area contributed by atoms with Crippen LogP contribution in [0.4, 0.5) is 0 Å². The number of thiophene rings is 1. The van der Waals surface area contributed by atoms with E-state index < -0.39 is 0 Å². The van der Waals surface area contributed by atoms with Crippen molar-refractivity contribution in [3.63, 3.8) is 0 Å². The zero-order valence-electron chi connectivity index (χ0n) is 8.87. The molecule has 0 unspecified atom stereocenters. The smallest absolute Gasteiger partial charge is 0.172 e. The van der Waals surface area contributed by atoms with E-state index in [0.29, 0.717) is 5.78 Å². The van der Waals surface area contributed by atoms with Gasteiger partial charge in [-0.15, -0.1) is 11.3 Å². The molecule has 1 aliphatic heterocycles. The van der Waals surface area contributed by atoms with Gasteiger partial charge in [-0.3, -0.25) is 4.79 Å². The Morgan fingerprint density at radius 3 is 2.93 bits per heavy atom. The molecule has 1 saturated heterocycles. The number of carbonyl (C=O) groups excluding carboxylic acids is 1. The molecule has 0 aliphatic carbocycles. The lowest BCUT2D eigenvalue weighted by molar-refractivity contribution is 0.0974. The monoisotopic (exact) mass is 223 g/mol. The molecule has 0 radical (unpaired) electrons. The van der Waals surface area contributed by atoms with Crippen LogP contribution in [0.15, 0.2) is 17.5 Å². The van der Waals surface area contributed by atoms with E-state index in [0.717, 1.165) is 36.7 Å². The van der Waals surface area contributed by atoms with Crippen molar-refractivity contribution < 1.29 is 4.79 Å². The molecule has 0 aromatic carbocycles. The lowest BCUT2D eigenvalue weighted by Crippen LogP contribution is -2.27. The number of hydrogen-bond donors (Lipinski definition) is 1. The Kier molecular flexibility index (Phi) is 3.92. The molecule has 1 aliphatic rings. The van der Waals surface area contributed by atoms with E-state index in [-0.39, 0.29) is 0 Å². The molecule has 2 rings (SSSR count). The van der Waals surface area contributed by atoms with Crippen LogP contribution in [0.5, 0.6) is 0 Å². The second-order valence-corrected chi connectivity index (χ2v) is 5.08. The van der Waals surface area contributed by atoms with Crippen LogP contribution >= 0.6 is 11.3 Å². The van der Waals surface area contributed by atoms with Crippen molar-refractivity contribution in [2.45, 2.75) is 25.7 Å². The molecule has 1 N–H and O–H groups in total. The number of Topliss-reactive ketones (excluding diaryl/α,β-unsaturated/α-hetero) is 1. The highest BCUT2D eigenvalue weighted by Crippen LogP contribution is 2.20. The minimum absolute atomic E-state index is 0.323. The summed E-state index contributed by atoms with van der Waals surface area (Å²) in [5.41, 5.74) is 0. The molecule has 1 aromatic rings. The molecule has 1 fully saturated rings. The molecule has 0 saturated carbocycles. The van der Waals surface area contributed by atoms with Crippen molar-refractivity contribution in [2.24, 2.45) is 5.92 Å². The minimum Gasteiger partial charge on any atom is -0.317 e. The molecule has 0 spiro atoms. The van der Waals surface area contributed by atoms with E-state index in [1.54, 1.807) is 11.3 Å². The van der Waals surface area contributed by atoms with Gasteiger partial charge < -0.3 is 5.32 Å². The lowest BCUT2D eigenvalue weighted by Gasteiger charge is -2.21. The summed E-state index contributed by atoms with van der Waals surface area (Å²) in [7, 11) is 0. The molecule has 0 amide bonds. The van der Waals surface area contributed by atoms with Gasteiger partial charge in [0.05, 0.1) is 4.88 Å². The third-order valence-corrected chi connectivity index (χ3v) is 3.95. The lowest BCUT2D eigenvalue weighted by atomic mass is 9.92. The number of carbonyl (C=O) groups is 1. The summed E-state index contributed by atoms with van der Waals surface area (Å²) in [6, 6.07) is 3.87. The van der Waals surface area contributed by atoms with Crippen LogP contribution in [0.3, 0.4) is 0 Å². The molecule has 1 aromatic heterocycles. The second-order valence-electron chi connectivity index (χ2n) is 4.13. The van der Waals surface area contributed by atoms with Crippen molar-refractivity contribution in [3.05, 3.63) is 22.4 Å². The third kappa shape index (κ3) is 3.14. The van der Waals surface area contributed by atoms with E-state index in [1.807, 2.05) is 17.5 Å². The van der Waals surface area contributed by atoms with Gasteiger partial charge in [-0.25, -0.2) is 0 Å². The Balaban J connectivity index is 1.75. The fourth-order valence-electron chi connectivity index (χ4n) is 2.07. The average molecular weight is 223 g/mol. The van der Waals surface area contributed by atoms with E-state index in [1.165, 1.54) is 12.8 Å². The van der Waals surface area contributed by atoms with E-state index in [2.05, 4.69) is 5.32 Å². The van der Waals surface area contributed by atoms with Gasteiger partial charge in [-0.05, 0) is 49.7 Å². The van der Waals surface area contributed by atoms with Crippen molar-refractivity contribution >= 4 is 17.1 Å².